The second kappa shape index (κ2) is 11.4. The van der Waals surface area contributed by atoms with E-state index < -0.39 is 0 Å². The summed E-state index contributed by atoms with van der Waals surface area (Å²) in [4.78, 5) is 15.1. The normalized spacial score (nSPS) is 14.6. The van der Waals surface area contributed by atoms with Gasteiger partial charge in [-0.15, -0.1) is 10.2 Å². The van der Waals surface area contributed by atoms with Crippen molar-refractivity contribution in [3.05, 3.63) is 59.7 Å². The van der Waals surface area contributed by atoms with Crippen molar-refractivity contribution in [1.82, 2.24) is 20.1 Å². The Hall–Kier alpha value is -3.00. The van der Waals surface area contributed by atoms with Gasteiger partial charge in [0.15, 0.2) is 5.16 Å². The molecular weight excluding hydrogens is 446 g/mol. The lowest BCUT2D eigenvalue weighted by Crippen LogP contribution is -2.33. The number of aryl methyl sites for hydroxylation is 1. The van der Waals surface area contributed by atoms with E-state index in [0.717, 1.165) is 60.5 Å². The van der Waals surface area contributed by atoms with Crippen LogP contribution >= 0.6 is 11.8 Å². The van der Waals surface area contributed by atoms with Crippen LogP contribution in [-0.2, 0) is 11.2 Å². The zero-order valence-electron chi connectivity index (χ0n) is 20.2. The number of piperidine rings is 1. The van der Waals surface area contributed by atoms with E-state index in [4.69, 9.17) is 4.74 Å². The highest BCUT2D eigenvalue weighted by Crippen LogP contribution is 2.30. The number of methoxy groups -OCH3 is 1. The summed E-state index contributed by atoms with van der Waals surface area (Å²) in [5.41, 5.74) is 3.38. The van der Waals surface area contributed by atoms with Crippen LogP contribution in [0.25, 0.3) is 5.69 Å². The maximum Gasteiger partial charge on any atom is 0.233 e. The summed E-state index contributed by atoms with van der Waals surface area (Å²) in [6.07, 6.45) is 4.35. The number of carbonyl (C=O) groups excluding carboxylic acids is 1. The largest absolute Gasteiger partial charge is 0.497 e. The molecule has 1 saturated heterocycles. The molecule has 2 aromatic carbocycles. The molecule has 0 spiro atoms. The van der Waals surface area contributed by atoms with Crippen LogP contribution in [0.2, 0.25) is 0 Å². The van der Waals surface area contributed by atoms with E-state index in [9.17, 15) is 4.79 Å². The molecule has 0 saturated carbocycles. The molecule has 7 nitrogen and oxygen atoms in total. The minimum absolute atomic E-state index is 0.00325. The van der Waals surface area contributed by atoms with Gasteiger partial charge in [-0.05, 0) is 69.4 Å². The topological polar surface area (TPSA) is 72.3 Å². The lowest BCUT2D eigenvalue weighted by Gasteiger charge is -2.28. The van der Waals surface area contributed by atoms with Crippen LogP contribution in [0, 0.1) is 6.92 Å². The second-order valence-electron chi connectivity index (χ2n) is 8.65. The highest BCUT2D eigenvalue weighted by molar-refractivity contribution is 8.00. The number of nitrogens with one attached hydrogen (secondary N) is 1. The van der Waals surface area contributed by atoms with Gasteiger partial charge in [0, 0.05) is 19.6 Å². The van der Waals surface area contributed by atoms with Crippen molar-refractivity contribution in [2.45, 2.75) is 49.9 Å². The summed E-state index contributed by atoms with van der Waals surface area (Å²) in [6, 6.07) is 16.3. The predicted molar refractivity (Wildman–Crippen MR) is 137 cm³/mol. The molecule has 1 aliphatic rings. The highest BCUT2D eigenvalue weighted by Gasteiger charge is 2.24. The Morgan fingerprint density at radius 3 is 2.44 bits per heavy atom. The zero-order valence-corrected chi connectivity index (χ0v) is 21.0. The fourth-order valence-corrected chi connectivity index (χ4v) is 4.92. The van der Waals surface area contributed by atoms with Crippen LogP contribution in [0.15, 0.2) is 53.7 Å². The van der Waals surface area contributed by atoms with Crippen LogP contribution in [0.5, 0.6) is 5.75 Å². The molecule has 3 aromatic rings. The Balaban J connectivity index is 1.43. The number of thioether (sulfide) groups is 1. The lowest BCUT2D eigenvalue weighted by molar-refractivity contribution is -0.120. The third-order valence-corrected chi connectivity index (χ3v) is 7.11. The van der Waals surface area contributed by atoms with Gasteiger partial charge in [-0.3, -0.25) is 9.36 Å². The van der Waals surface area contributed by atoms with Crippen LogP contribution < -0.4 is 15.0 Å². The molecule has 1 unspecified atom stereocenters. The Morgan fingerprint density at radius 1 is 1.06 bits per heavy atom. The summed E-state index contributed by atoms with van der Waals surface area (Å²) in [5.74, 6) is 1.69. The zero-order chi connectivity index (χ0) is 23.9. The van der Waals surface area contributed by atoms with Gasteiger partial charge in [0.05, 0.1) is 18.0 Å². The van der Waals surface area contributed by atoms with Crippen molar-refractivity contribution in [3.63, 3.8) is 0 Å². The fraction of sp³-hybridized carbons (Fsp3) is 0.423. The lowest BCUT2D eigenvalue weighted by atomic mass is 10.1. The van der Waals surface area contributed by atoms with E-state index in [2.05, 4.69) is 56.2 Å². The standard InChI is InChI=1S/C26H33N5O2S/c1-19-7-11-22(12-8-19)31-25(30-17-5-4-6-18-30)28-29-26(31)34-20(2)24(32)27-16-15-21-9-13-23(33-3)14-10-21/h7-14,20H,4-6,15-18H2,1-3H3,(H,27,32). The molecule has 8 heteroatoms. The van der Waals surface area contributed by atoms with Gasteiger partial charge in [-0.25, -0.2) is 0 Å². The first-order valence-corrected chi connectivity index (χ1v) is 12.8. The first-order chi connectivity index (χ1) is 16.5. The molecule has 2 heterocycles. The fourth-order valence-electron chi connectivity index (χ4n) is 4.03. The number of anilines is 1. The van der Waals surface area contributed by atoms with Gasteiger partial charge in [-0.2, -0.15) is 0 Å². The van der Waals surface area contributed by atoms with Crippen LogP contribution in [0.4, 0.5) is 5.95 Å². The van der Waals surface area contributed by atoms with Crippen LogP contribution in [0.3, 0.4) is 0 Å². The molecule has 4 rings (SSSR count). The van der Waals surface area contributed by atoms with Gasteiger partial charge in [0.25, 0.3) is 0 Å². The smallest absolute Gasteiger partial charge is 0.233 e. The van der Waals surface area contributed by atoms with E-state index in [-0.39, 0.29) is 11.2 Å². The predicted octanol–water partition coefficient (Wildman–Crippen LogP) is 4.41. The number of amides is 1. The molecule has 1 aromatic heterocycles. The summed E-state index contributed by atoms with van der Waals surface area (Å²) in [7, 11) is 1.66. The molecule has 0 radical (unpaired) electrons. The van der Waals surface area contributed by atoms with Crippen LogP contribution in [-0.4, -0.2) is 52.7 Å². The molecule has 34 heavy (non-hydrogen) atoms. The monoisotopic (exact) mass is 479 g/mol. The number of ether oxygens (including phenoxy) is 1. The minimum Gasteiger partial charge on any atom is -0.497 e. The maximum absolute atomic E-state index is 12.8. The Labute approximate surface area is 205 Å². The van der Waals surface area contributed by atoms with Crippen molar-refractivity contribution in [2.75, 3.05) is 31.6 Å². The summed E-state index contributed by atoms with van der Waals surface area (Å²) in [5, 5.41) is 12.5. The van der Waals surface area contributed by atoms with Crippen molar-refractivity contribution in [3.8, 4) is 11.4 Å². The third kappa shape index (κ3) is 5.91. The van der Waals surface area contributed by atoms with E-state index in [0.29, 0.717) is 6.54 Å². The van der Waals surface area contributed by atoms with E-state index in [1.54, 1.807) is 7.11 Å². The van der Waals surface area contributed by atoms with Crippen LogP contribution in [0.1, 0.15) is 37.3 Å². The van der Waals surface area contributed by atoms with E-state index in [1.807, 2.05) is 31.2 Å². The number of rotatable bonds is 9. The van der Waals surface area contributed by atoms with Gasteiger partial charge in [0.2, 0.25) is 11.9 Å². The third-order valence-electron chi connectivity index (χ3n) is 6.07. The Morgan fingerprint density at radius 2 is 1.76 bits per heavy atom. The molecule has 0 aliphatic carbocycles. The number of nitrogens with zero attached hydrogens (tertiary/aromatic N) is 4. The highest BCUT2D eigenvalue weighted by atomic mass is 32.2. The number of hydrogen-bond acceptors (Lipinski definition) is 6. The summed E-state index contributed by atoms with van der Waals surface area (Å²) in [6.45, 7) is 6.55. The SMILES string of the molecule is COc1ccc(CCNC(=O)C(C)Sc2nnc(N3CCCCC3)n2-c2ccc(C)cc2)cc1. The Bertz CT molecular complexity index is 1080. The Kier molecular flexibility index (Phi) is 8.11. The number of aromatic nitrogens is 3. The second-order valence-corrected chi connectivity index (χ2v) is 9.96. The molecule has 1 amide bonds. The van der Waals surface area contributed by atoms with Crippen molar-refractivity contribution in [1.29, 1.82) is 0 Å². The first-order valence-electron chi connectivity index (χ1n) is 11.9. The molecule has 1 atom stereocenters. The van der Waals surface area contributed by atoms with Gasteiger partial charge >= 0.3 is 0 Å². The van der Waals surface area contributed by atoms with Crippen molar-refractivity contribution >= 4 is 23.6 Å². The molecular formula is C26H33N5O2S. The quantitative estimate of drug-likeness (QED) is 0.458. The average Bonchev–Trinajstić information content (AvgIpc) is 3.28. The minimum atomic E-state index is -0.293. The van der Waals surface area contributed by atoms with Crippen molar-refractivity contribution in [2.24, 2.45) is 0 Å². The molecule has 1 N–H and O–H groups in total. The summed E-state index contributed by atoms with van der Waals surface area (Å²) >= 11 is 1.45. The van der Waals surface area contributed by atoms with E-state index in [1.165, 1.54) is 23.7 Å². The van der Waals surface area contributed by atoms with Crippen molar-refractivity contribution < 1.29 is 9.53 Å². The molecule has 1 fully saturated rings. The molecule has 180 valence electrons. The maximum atomic E-state index is 12.8. The average molecular weight is 480 g/mol. The van der Waals surface area contributed by atoms with Gasteiger partial charge in [-0.1, -0.05) is 41.6 Å². The summed E-state index contributed by atoms with van der Waals surface area (Å²) < 4.78 is 7.29. The first kappa shape index (κ1) is 24.1. The molecule has 1 aliphatic heterocycles. The molecule has 0 bridgehead atoms. The van der Waals surface area contributed by atoms with E-state index >= 15 is 0 Å². The number of carbonyl (C=O) groups is 1. The van der Waals surface area contributed by atoms with Gasteiger partial charge in [0.1, 0.15) is 5.75 Å². The van der Waals surface area contributed by atoms with Gasteiger partial charge < -0.3 is 15.0 Å². The number of benzene rings is 2. The number of hydrogen-bond donors (Lipinski definition) is 1.